The van der Waals surface area contributed by atoms with Crippen molar-refractivity contribution in [2.45, 2.75) is 45.8 Å². The molecule has 1 saturated carbocycles. The number of aryl methyl sites for hydroxylation is 1. The van der Waals surface area contributed by atoms with E-state index in [-0.39, 0.29) is 0 Å². The van der Waals surface area contributed by atoms with Crippen LogP contribution in [0.5, 0.6) is 0 Å². The number of carbonyl (C=O) groups is 2. The summed E-state index contributed by atoms with van der Waals surface area (Å²) >= 11 is 0. The molecular weight excluding hydrogens is 385 g/mol. The summed E-state index contributed by atoms with van der Waals surface area (Å²) in [7, 11) is 0. The Bertz CT molecular complexity index is 994. The second-order valence-corrected chi connectivity index (χ2v) is 7.05. The van der Waals surface area contributed by atoms with Gasteiger partial charge in [-0.1, -0.05) is 0 Å². The van der Waals surface area contributed by atoms with E-state index in [1.165, 1.54) is 13.0 Å². The first-order valence-corrected chi connectivity index (χ1v) is 9.20. The highest BCUT2D eigenvalue weighted by Gasteiger charge is 2.26. The summed E-state index contributed by atoms with van der Waals surface area (Å²) in [6, 6.07) is 4.06. The van der Waals surface area contributed by atoms with E-state index >= 15 is 0 Å². The average Bonchev–Trinajstić information content (AvgIpc) is 3.45. The third-order valence-electron chi connectivity index (χ3n) is 4.79. The number of rotatable bonds is 6. The Hall–Kier alpha value is -3.03. The summed E-state index contributed by atoms with van der Waals surface area (Å²) in [6.45, 7) is 5.27. The van der Waals surface area contributed by atoms with Crippen LogP contribution in [0.2, 0.25) is 0 Å². The van der Waals surface area contributed by atoms with E-state index in [9.17, 15) is 22.8 Å². The fraction of sp³-hybridized carbons (Fsp3) is 0.333. The number of carbonyl (C=O) groups excluding carboxylic acids is 2. The van der Waals surface area contributed by atoms with Crippen LogP contribution >= 0.6 is 0 Å². The molecule has 1 heterocycles. The van der Waals surface area contributed by atoms with Gasteiger partial charge in [-0.15, -0.1) is 0 Å². The lowest BCUT2D eigenvalue weighted by Gasteiger charge is -2.13. The number of esters is 1. The highest BCUT2D eigenvalue weighted by molar-refractivity contribution is 5.96. The molecule has 1 aromatic carbocycles. The maximum atomic E-state index is 13.6. The van der Waals surface area contributed by atoms with Crippen LogP contribution < -0.4 is 5.32 Å². The summed E-state index contributed by atoms with van der Waals surface area (Å²) in [5.41, 5.74) is 2.50. The Balaban J connectivity index is 1.60. The molecule has 0 bridgehead atoms. The topological polar surface area (TPSA) is 60.3 Å². The number of nitrogens with zero attached hydrogens (tertiary/aromatic N) is 1. The van der Waals surface area contributed by atoms with Gasteiger partial charge in [-0.2, -0.15) is 0 Å². The maximum absolute atomic E-state index is 13.6. The summed E-state index contributed by atoms with van der Waals surface area (Å²) in [5, 5.41) is 2.07. The van der Waals surface area contributed by atoms with Crippen LogP contribution in [0.25, 0.3) is 6.08 Å². The second kappa shape index (κ2) is 8.14. The van der Waals surface area contributed by atoms with Crippen LogP contribution in [0, 0.1) is 31.3 Å². The van der Waals surface area contributed by atoms with Crippen LogP contribution in [-0.2, 0) is 14.3 Å². The Morgan fingerprint density at radius 2 is 1.90 bits per heavy atom. The first-order chi connectivity index (χ1) is 13.7. The molecule has 3 rings (SSSR count). The van der Waals surface area contributed by atoms with E-state index < -0.39 is 41.1 Å². The van der Waals surface area contributed by atoms with Gasteiger partial charge in [0.25, 0.3) is 5.91 Å². The lowest BCUT2D eigenvalue weighted by atomic mass is 10.2. The number of ether oxygens (including phenoxy) is 1. The molecule has 154 valence electrons. The van der Waals surface area contributed by atoms with Gasteiger partial charge in [0.15, 0.2) is 23.6 Å². The molecule has 1 atom stereocenters. The molecule has 1 fully saturated rings. The van der Waals surface area contributed by atoms with Crippen molar-refractivity contribution >= 4 is 23.6 Å². The molecule has 1 aliphatic carbocycles. The normalized spacial score (nSPS) is 14.8. The number of hydrogen-bond acceptors (Lipinski definition) is 3. The largest absolute Gasteiger partial charge is 0.449 e. The fourth-order valence-electron chi connectivity index (χ4n) is 3.15. The lowest BCUT2D eigenvalue weighted by molar-refractivity contribution is -0.148. The molecule has 8 heteroatoms. The summed E-state index contributed by atoms with van der Waals surface area (Å²) in [4.78, 5) is 24.1. The van der Waals surface area contributed by atoms with Crippen LogP contribution in [0.3, 0.4) is 0 Å². The molecule has 2 aromatic rings. The Kier molecular flexibility index (Phi) is 5.81. The predicted molar refractivity (Wildman–Crippen MR) is 102 cm³/mol. The molecule has 0 aliphatic heterocycles. The number of hydrogen-bond donors (Lipinski definition) is 1. The second-order valence-electron chi connectivity index (χ2n) is 7.05. The van der Waals surface area contributed by atoms with Crippen LogP contribution in [0.4, 0.5) is 18.9 Å². The predicted octanol–water partition coefficient (Wildman–Crippen LogP) is 4.44. The van der Waals surface area contributed by atoms with Crippen molar-refractivity contribution in [1.29, 1.82) is 0 Å². The van der Waals surface area contributed by atoms with Crippen molar-refractivity contribution < 1.29 is 27.5 Å². The molecular formula is C21H21F3N2O3. The SMILES string of the molecule is Cc1cc(/C=C/C(=O)O[C@@H](C)C(=O)Nc2ccc(F)c(F)c2F)c(C)n1C1CC1. The van der Waals surface area contributed by atoms with Crippen LogP contribution in [-0.4, -0.2) is 22.5 Å². The van der Waals surface area contributed by atoms with Crippen LogP contribution in [0.15, 0.2) is 24.3 Å². The number of anilines is 1. The fourth-order valence-corrected chi connectivity index (χ4v) is 3.15. The van der Waals surface area contributed by atoms with Gasteiger partial charge in [0, 0.05) is 23.5 Å². The quantitative estimate of drug-likeness (QED) is 0.438. The minimum Gasteiger partial charge on any atom is -0.449 e. The van der Waals surface area contributed by atoms with Crippen molar-refractivity contribution in [2.24, 2.45) is 0 Å². The zero-order valence-corrected chi connectivity index (χ0v) is 16.3. The number of amides is 1. The van der Waals surface area contributed by atoms with Gasteiger partial charge in [-0.05, 0) is 63.5 Å². The molecule has 1 aliphatic rings. The third kappa shape index (κ3) is 4.52. The Morgan fingerprint density at radius 1 is 1.21 bits per heavy atom. The van der Waals surface area contributed by atoms with Crippen molar-refractivity contribution in [1.82, 2.24) is 4.57 Å². The van der Waals surface area contributed by atoms with Crippen molar-refractivity contribution in [3.8, 4) is 0 Å². The molecule has 5 nitrogen and oxygen atoms in total. The molecule has 1 amide bonds. The molecule has 29 heavy (non-hydrogen) atoms. The Labute approximate surface area is 166 Å². The molecule has 1 N–H and O–H groups in total. The van der Waals surface area contributed by atoms with Crippen molar-refractivity contribution in [3.63, 3.8) is 0 Å². The number of aromatic nitrogens is 1. The minimum absolute atomic E-state index is 0.518. The van der Waals surface area contributed by atoms with Crippen molar-refractivity contribution in [2.75, 3.05) is 5.32 Å². The zero-order chi connectivity index (χ0) is 21.3. The van der Waals surface area contributed by atoms with E-state index in [1.54, 1.807) is 6.08 Å². The highest BCUT2D eigenvalue weighted by Crippen LogP contribution is 2.38. The standard InChI is InChI=1S/C21H21F3N2O3/c1-11-10-14(12(2)26(11)15-5-6-15)4-9-18(27)29-13(3)21(28)25-17-8-7-16(22)19(23)20(17)24/h4,7-10,13,15H,5-6H2,1-3H3,(H,25,28)/b9-4+/t13-/m0/s1. The smallest absolute Gasteiger partial charge is 0.331 e. The van der Waals surface area contributed by atoms with Gasteiger partial charge in [0.05, 0.1) is 5.69 Å². The van der Waals surface area contributed by atoms with E-state index in [0.29, 0.717) is 12.1 Å². The average molecular weight is 406 g/mol. The summed E-state index contributed by atoms with van der Waals surface area (Å²) in [5.74, 6) is -6.22. The summed E-state index contributed by atoms with van der Waals surface area (Å²) < 4.78 is 47.1. The number of nitrogens with one attached hydrogen (secondary N) is 1. The molecule has 0 radical (unpaired) electrons. The Morgan fingerprint density at radius 3 is 2.55 bits per heavy atom. The molecule has 0 spiro atoms. The van der Waals surface area contributed by atoms with Gasteiger partial charge < -0.3 is 14.6 Å². The van der Waals surface area contributed by atoms with E-state index in [1.807, 2.05) is 19.9 Å². The number of benzene rings is 1. The van der Waals surface area contributed by atoms with Gasteiger partial charge in [0.2, 0.25) is 0 Å². The lowest BCUT2D eigenvalue weighted by Crippen LogP contribution is -2.29. The molecule has 1 aromatic heterocycles. The van der Waals surface area contributed by atoms with Gasteiger partial charge >= 0.3 is 5.97 Å². The van der Waals surface area contributed by atoms with Gasteiger partial charge in [-0.3, -0.25) is 4.79 Å². The third-order valence-corrected chi connectivity index (χ3v) is 4.79. The van der Waals surface area contributed by atoms with Crippen LogP contribution in [0.1, 0.15) is 42.8 Å². The first kappa shape index (κ1) is 20.7. The maximum Gasteiger partial charge on any atom is 0.331 e. The van der Waals surface area contributed by atoms with E-state index in [4.69, 9.17) is 4.74 Å². The van der Waals surface area contributed by atoms with Gasteiger partial charge in [-0.25, -0.2) is 18.0 Å². The molecule has 0 unspecified atom stereocenters. The zero-order valence-electron chi connectivity index (χ0n) is 16.3. The van der Waals surface area contributed by atoms with E-state index in [2.05, 4.69) is 9.88 Å². The monoisotopic (exact) mass is 406 g/mol. The number of halogens is 3. The highest BCUT2D eigenvalue weighted by atomic mass is 19.2. The van der Waals surface area contributed by atoms with Crippen molar-refractivity contribution in [3.05, 3.63) is 58.7 Å². The summed E-state index contributed by atoms with van der Waals surface area (Å²) in [6.07, 6.45) is 3.85. The van der Waals surface area contributed by atoms with E-state index in [0.717, 1.165) is 35.9 Å². The first-order valence-electron chi connectivity index (χ1n) is 9.20. The van der Waals surface area contributed by atoms with Gasteiger partial charge in [0.1, 0.15) is 0 Å². The molecule has 0 saturated heterocycles. The minimum atomic E-state index is -1.70.